The molecule has 8 heteroatoms. The van der Waals surface area contributed by atoms with Crippen LogP contribution in [0.15, 0.2) is 24.4 Å². The molecule has 158 valence electrons. The second-order valence-electron chi connectivity index (χ2n) is 7.25. The Labute approximate surface area is 185 Å². The van der Waals surface area contributed by atoms with Crippen molar-refractivity contribution in [2.24, 2.45) is 0 Å². The molecule has 30 heavy (non-hydrogen) atoms. The normalized spacial score (nSPS) is 16.3. The molecule has 4 rings (SSSR count). The molecule has 0 spiro atoms. The first-order valence-electron chi connectivity index (χ1n) is 9.62. The predicted molar refractivity (Wildman–Crippen MR) is 120 cm³/mol. The van der Waals surface area contributed by atoms with Crippen molar-refractivity contribution in [3.05, 3.63) is 40.1 Å². The van der Waals surface area contributed by atoms with Gasteiger partial charge in [0.15, 0.2) is 0 Å². The van der Waals surface area contributed by atoms with Crippen LogP contribution in [-0.4, -0.2) is 50.5 Å². The highest BCUT2D eigenvalue weighted by atomic mass is 35.5. The van der Waals surface area contributed by atoms with Crippen molar-refractivity contribution in [2.45, 2.75) is 19.4 Å². The van der Waals surface area contributed by atoms with Crippen LogP contribution in [0.2, 0.25) is 10.0 Å². The van der Waals surface area contributed by atoms with E-state index in [4.69, 9.17) is 42.4 Å². The topological polar surface area (TPSA) is 56.7 Å². The van der Waals surface area contributed by atoms with Gasteiger partial charge in [0.05, 0.1) is 36.1 Å². The number of rotatable bonds is 5. The maximum atomic E-state index is 6.66. The van der Waals surface area contributed by atoms with Crippen LogP contribution in [0.1, 0.15) is 12.1 Å². The molecule has 0 aliphatic carbocycles. The van der Waals surface area contributed by atoms with E-state index in [2.05, 4.69) is 16.0 Å². The van der Waals surface area contributed by atoms with E-state index in [1.807, 2.05) is 19.2 Å². The number of aromatic nitrogens is 2. The summed E-state index contributed by atoms with van der Waals surface area (Å²) in [7, 11) is 4.85. The number of ether oxygens (including phenoxy) is 3. The van der Waals surface area contributed by atoms with Crippen LogP contribution in [0.4, 0.5) is 5.82 Å². The van der Waals surface area contributed by atoms with E-state index in [1.165, 1.54) is 0 Å². The fraction of sp³-hybridized carbons (Fsp3) is 0.364. The molecule has 0 saturated carbocycles. The van der Waals surface area contributed by atoms with Crippen molar-refractivity contribution in [2.75, 3.05) is 39.3 Å². The predicted octanol–water partition coefficient (Wildman–Crippen LogP) is 5.15. The third-order valence-corrected chi connectivity index (χ3v) is 6.19. The molecule has 1 aliphatic heterocycles. The number of fused-ring (bicyclic) bond motifs is 1. The molecule has 1 atom stereocenters. The average Bonchev–Trinajstić information content (AvgIpc) is 3.23. The summed E-state index contributed by atoms with van der Waals surface area (Å²) in [5, 5.41) is 2.76. The zero-order valence-electron chi connectivity index (χ0n) is 17.3. The number of hydrogen-bond acceptors (Lipinski definition) is 6. The molecular weight excluding hydrogens is 425 g/mol. The highest BCUT2D eigenvalue weighted by molar-refractivity contribution is 6.41. The van der Waals surface area contributed by atoms with Crippen molar-refractivity contribution in [1.82, 2.24) is 9.97 Å². The average molecular weight is 448 g/mol. The van der Waals surface area contributed by atoms with Gasteiger partial charge in [-0.05, 0) is 25.5 Å². The Bertz CT molecular complexity index is 1080. The molecule has 1 unspecified atom stereocenters. The fourth-order valence-corrected chi connectivity index (χ4v) is 4.52. The lowest BCUT2D eigenvalue weighted by Gasteiger charge is -2.21. The summed E-state index contributed by atoms with van der Waals surface area (Å²) in [4.78, 5) is 11.7. The zero-order chi connectivity index (χ0) is 21.4. The molecule has 1 fully saturated rings. The van der Waals surface area contributed by atoms with Gasteiger partial charge in [-0.3, -0.25) is 4.98 Å². The zero-order valence-corrected chi connectivity index (χ0v) is 18.8. The summed E-state index contributed by atoms with van der Waals surface area (Å²) in [5.74, 6) is 1.81. The lowest BCUT2D eigenvalue weighted by atomic mass is 10.1. The molecule has 0 radical (unpaired) electrons. The van der Waals surface area contributed by atoms with Crippen molar-refractivity contribution in [1.29, 1.82) is 0 Å². The molecular formula is C22H23Cl2N3O3. The highest BCUT2D eigenvalue weighted by Gasteiger charge is 2.27. The van der Waals surface area contributed by atoms with Crippen LogP contribution in [0.5, 0.6) is 11.5 Å². The van der Waals surface area contributed by atoms with Gasteiger partial charge in [0.25, 0.3) is 0 Å². The van der Waals surface area contributed by atoms with E-state index in [-0.39, 0.29) is 6.10 Å². The summed E-state index contributed by atoms with van der Waals surface area (Å²) >= 11 is 13.3. The van der Waals surface area contributed by atoms with Gasteiger partial charge in [0.1, 0.15) is 17.3 Å². The summed E-state index contributed by atoms with van der Waals surface area (Å²) < 4.78 is 16.4. The SMILES string of the molecule is COc1cc(OC)c(Cl)c(-c2cc3cnc(C)cc3c(N3CCC(OC)C3)n2)c1Cl. The number of nitrogens with zero attached hydrogens (tertiary/aromatic N) is 3. The van der Waals surface area contributed by atoms with Crippen molar-refractivity contribution >= 4 is 39.8 Å². The second-order valence-corrected chi connectivity index (χ2v) is 8.01. The minimum atomic E-state index is 0.178. The van der Waals surface area contributed by atoms with Crippen LogP contribution in [0.3, 0.4) is 0 Å². The minimum Gasteiger partial charge on any atom is -0.495 e. The van der Waals surface area contributed by atoms with Crippen molar-refractivity contribution in [3.8, 4) is 22.8 Å². The largest absolute Gasteiger partial charge is 0.495 e. The molecule has 3 aromatic rings. The maximum Gasteiger partial charge on any atom is 0.141 e. The van der Waals surface area contributed by atoms with Gasteiger partial charge in [-0.2, -0.15) is 0 Å². The minimum absolute atomic E-state index is 0.178. The first kappa shape index (κ1) is 21.0. The van der Waals surface area contributed by atoms with Gasteiger partial charge in [0, 0.05) is 54.5 Å². The Morgan fingerprint density at radius 1 is 1.03 bits per heavy atom. The highest BCUT2D eigenvalue weighted by Crippen LogP contribution is 2.46. The Hall–Kier alpha value is -2.28. The monoisotopic (exact) mass is 447 g/mol. The molecule has 0 amide bonds. The van der Waals surface area contributed by atoms with E-state index >= 15 is 0 Å². The van der Waals surface area contributed by atoms with Gasteiger partial charge in [0.2, 0.25) is 0 Å². The van der Waals surface area contributed by atoms with E-state index in [0.29, 0.717) is 32.8 Å². The third-order valence-electron chi connectivity index (χ3n) is 5.44. The second kappa shape index (κ2) is 8.46. The first-order valence-corrected chi connectivity index (χ1v) is 10.4. The number of halogens is 2. The van der Waals surface area contributed by atoms with Gasteiger partial charge >= 0.3 is 0 Å². The number of methoxy groups -OCH3 is 3. The molecule has 1 aliphatic rings. The molecule has 3 heterocycles. The van der Waals surface area contributed by atoms with Gasteiger partial charge in [-0.25, -0.2) is 4.98 Å². The Morgan fingerprint density at radius 3 is 2.33 bits per heavy atom. The van der Waals surface area contributed by atoms with Crippen LogP contribution < -0.4 is 14.4 Å². The van der Waals surface area contributed by atoms with Gasteiger partial charge in [-0.1, -0.05) is 23.2 Å². The number of anilines is 1. The molecule has 1 aromatic carbocycles. The first-order chi connectivity index (χ1) is 14.5. The lowest BCUT2D eigenvalue weighted by molar-refractivity contribution is 0.121. The molecule has 2 aromatic heterocycles. The Kier molecular flexibility index (Phi) is 5.91. The quantitative estimate of drug-likeness (QED) is 0.538. The summed E-state index contributed by atoms with van der Waals surface area (Å²) in [6.07, 6.45) is 2.97. The summed E-state index contributed by atoms with van der Waals surface area (Å²) in [6, 6.07) is 5.67. The maximum absolute atomic E-state index is 6.66. The van der Waals surface area contributed by atoms with Crippen LogP contribution in [-0.2, 0) is 4.74 Å². The number of pyridine rings is 2. The Morgan fingerprint density at radius 2 is 1.73 bits per heavy atom. The molecule has 6 nitrogen and oxygen atoms in total. The molecule has 0 N–H and O–H groups in total. The number of aryl methyl sites for hydroxylation is 1. The Balaban J connectivity index is 1.97. The smallest absolute Gasteiger partial charge is 0.141 e. The lowest BCUT2D eigenvalue weighted by Crippen LogP contribution is -2.23. The van der Waals surface area contributed by atoms with Crippen LogP contribution in [0, 0.1) is 6.92 Å². The number of hydrogen-bond donors (Lipinski definition) is 0. The van der Waals surface area contributed by atoms with Gasteiger partial charge < -0.3 is 19.1 Å². The van der Waals surface area contributed by atoms with E-state index < -0.39 is 0 Å². The van der Waals surface area contributed by atoms with E-state index in [0.717, 1.165) is 41.8 Å². The standard InChI is InChI=1S/C22H23Cl2N3O3/c1-12-7-15-13(10-25-12)8-16(26-22(15)27-6-5-14(11-27)28-2)19-20(23)17(29-3)9-18(30-4)21(19)24/h7-10,14H,5-6,11H2,1-4H3. The summed E-state index contributed by atoms with van der Waals surface area (Å²) in [5.41, 5.74) is 2.14. The van der Waals surface area contributed by atoms with Gasteiger partial charge in [-0.15, -0.1) is 0 Å². The number of benzene rings is 1. The van der Waals surface area contributed by atoms with E-state index in [9.17, 15) is 0 Å². The molecule has 1 saturated heterocycles. The van der Waals surface area contributed by atoms with Crippen molar-refractivity contribution < 1.29 is 14.2 Å². The van der Waals surface area contributed by atoms with Crippen LogP contribution in [0.25, 0.3) is 22.0 Å². The molecule has 0 bridgehead atoms. The van der Waals surface area contributed by atoms with E-state index in [1.54, 1.807) is 27.4 Å². The fourth-order valence-electron chi connectivity index (χ4n) is 3.83. The van der Waals surface area contributed by atoms with Crippen molar-refractivity contribution in [3.63, 3.8) is 0 Å². The summed E-state index contributed by atoms with van der Waals surface area (Å²) in [6.45, 7) is 3.60. The third kappa shape index (κ3) is 3.64. The van der Waals surface area contributed by atoms with Crippen LogP contribution >= 0.6 is 23.2 Å².